The molecule has 36 nitrogen and oxygen atoms in total. The van der Waals surface area contributed by atoms with Gasteiger partial charge in [-0.25, -0.2) is 19.9 Å². The Morgan fingerprint density at radius 1 is 0.547 bits per heavy atom. The van der Waals surface area contributed by atoms with Crippen molar-refractivity contribution in [3.8, 4) is 23.8 Å². The second kappa shape index (κ2) is 39.4. The van der Waals surface area contributed by atoms with E-state index in [0.29, 0.717) is 71.0 Å². The van der Waals surface area contributed by atoms with E-state index < -0.39 is 160 Å². The highest BCUT2D eigenvalue weighted by atomic mass is 16.7. The Balaban J connectivity index is 0.000000230. The highest BCUT2D eigenvalue weighted by Gasteiger charge is 2.56. The number of phenolic OH excluding ortho intramolecular Hbond substituents is 1. The number of nitrogen functional groups attached to an aromatic ring is 2. The van der Waals surface area contributed by atoms with Gasteiger partial charge in [-0.2, -0.15) is 0 Å². The molecule has 117 heavy (non-hydrogen) atoms. The summed E-state index contributed by atoms with van der Waals surface area (Å²) in [6.07, 6.45) is -16.3. The van der Waals surface area contributed by atoms with Crippen LogP contribution >= 0.6 is 0 Å². The molecule has 4 aliphatic rings. The van der Waals surface area contributed by atoms with Crippen molar-refractivity contribution >= 4 is 79.1 Å². The van der Waals surface area contributed by atoms with Crippen LogP contribution in [0.5, 0.6) is 11.5 Å². The van der Waals surface area contributed by atoms with E-state index in [1.807, 2.05) is 73.7 Å². The van der Waals surface area contributed by atoms with Crippen molar-refractivity contribution in [1.29, 1.82) is 0 Å². The Labute approximate surface area is 674 Å². The third kappa shape index (κ3) is 19.2. The number of benzene rings is 4. The third-order valence-corrected chi connectivity index (χ3v) is 21.3. The van der Waals surface area contributed by atoms with E-state index in [1.165, 1.54) is 42.3 Å². The number of aliphatic hydroxyl groups excluding tert-OH is 8. The van der Waals surface area contributed by atoms with Crippen molar-refractivity contribution in [2.45, 2.75) is 229 Å². The number of hydrogen-bond acceptors (Lipinski definition) is 30. The summed E-state index contributed by atoms with van der Waals surface area (Å²) in [6.45, 7) is 9.52. The van der Waals surface area contributed by atoms with Crippen molar-refractivity contribution in [2.24, 2.45) is 0 Å². The first-order valence-electron chi connectivity index (χ1n) is 38.7. The van der Waals surface area contributed by atoms with Crippen LogP contribution in [0, 0.1) is 26.2 Å². The van der Waals surface area contributed by atoms with Crippen LogP contribution in [0.1, 0.15) is 98.4 Å². The number of phenols is 1. The number of carbonyl (C=O) groups is 4. The van der Waals surface area contributed by atoms with Crippen molar-refractivity contribution in [3.63, 3.8) is 0 Å². The van der Waals surface area contributed by atoms with Gasteiger partial charge >= 0.3 is 0 Å². The first-order valence-corrected chi connectivity index (χ1v) is 38.7. The lowest BCUT2D eigenvalue weighted by Crippen LogP contribution is -2.68. The number of fused-ring (bicyclic) bond motifs is 6. The maximum absolute atomic E-state index is 14.1. The van der Waals surface area contributed by atoms with Gasteiger partial charge in [0.1, 0.15) is 126 Å². The molecule has 4 fully saturated rings. The molecule has 8 heterocycles. The Morgan fingerprint density at radius 2 is 0.966 bits per heavy atom. The Morgan fingerprint density at radius 3 is 1.37 bits per heavy atom. The summed E-state index contributed by atoms with van der Waals surface area (Å²) in [7, 11) is 5.06. The van der Waals surface area contributed by atoms with Gasteiger partial charge in [-0.15, -0.1) is 6.42 Å². The zero-order valence-electron chi connectivity index (χ0n) is 66.7. The van der Waals surface area contributed by atoms with Gasteiger partial charge < -0.3 is 140 Å². The number of para-hydroxylation sites is 2. The molecule has 0 spiro atoms. The van der Waals surface area contributed by atoms with Crippen molar-refractivity contribution in [1.82, 2.24) is 50.3 Å². The van der Waals surface area contributed by atoms with E-state index in [-0.39, 0.29) is 25.4 Å². The average molecular weight is 1630 g/mol. The number of terminal acetylenes is 1. The van der Waals surface area contributed by atoms with E-state index in [4.69, 9.17) is 80.0 Å². The molecule has 634 valence electrons. The summed E-state index contributed by atoms with van der Waals surface area (Å²) in [6, 6.07) is 20.7. The molecular weight excluding hydrogens is 1520 g/mol. The van der Waals surface area contributed by atoms with Gasteiger partial charge in [0, 0.05) is 103 Å². The predicted octanol–water partition coefficient (Wildman–Crippen LogP) is 0.834. The van der Waals surface area contributed by atoms with Crippen LogP contribution in [0.15, 0.2) is 72.8 Å². The number of nitrogens with zero attached hydrogens (tertiary/aromatic N) is 6. The zero-order valence-corrected chi connectivity index (χ0v) is 66.7. The molecule has 20 atom stereocenters. The van der Waals surface area contributed by atoms with E-state index in [1.54, 1.807) is 13.0 Å². The second-order valence-corrected chi connectivity index (χ2v) is 29.4. The fourth-order valence-corrected chi connectivity index (χ4v) is 15.6. The van der Waals surface area contributed by atoms with Crippen molar-refractivity contribution in [3.05, 3.63) is 118 Å². The van der Waals surface area contributed by atoms with E-state index in [0.717, 1.165) is 86.9 Å². The minimum Gasteiger partial charge on any atom is -0.507 e. The number of aromatic hydroxyl groups is 1. The summed E-state index contributed by atoms with van der Waals surface area (Å²) in [5.41, 5.74) is 21.3. The number of anilines is 2. The number of carbonyl (C=O) groups excluding carboxylic acids is 4. The van der Waals surface area contributed by atoms with Gasteiger partial charge in [0.2, 0.25) is 11.8 Å². The highest BCUT2D eigenvalue weighted by Crippen LogP contribution is 2.38. The van der Waals surface area contributed by atoms with Crippen LogP contribution in [0.25, 0.3) is 43.9 Å². The average Bonchev–Trinajstić information content (AvgIpc) is 1.63. The second-order valence-electron chi connectivity index (χ2n) is 29.4. The minimum absolute atomic E-state index is 0.0344. The highest BCUT2D eigenvalue weighted by molar-refractivity contribution is 6.07. The van der Waals surface area contributed by atoms with E-state index >= 15 is 0 Å². The van der Waals surface area contributed by atoms with Gasteiger partial charge in [-0.05, 0) is 73.2 Å². The maximum atomic E-state index is 14.1. The van der Waals surface area contributed by atoms with Crippen LogP contribution in [0.3, 0.4) is 0 Å². The van der Waals surface area contributed by atoms with E-state index in [2.05, 4.69) is 60.1 Å². The van der Waals surface area contributed by atoms with Crippen LogP contribution in [0.2, 0.25) is 0 Å². The molecule has 12 rings (SSSR count). The first kappa shape index (κ1) is 88.4. The number of aryl methyl sites for hydroxylation is 4. The lowest BCUT2D eigenvalue weighted by Gasteiger charge is -2.47. The number of imidazole rings is 2. The van der Waals surface area contributed by atoms with Gasteiger partial charge in [0.15, 0.2) is 49.0 Å². The normalized spacial score (nSPS) is 27.3. The molecule has 36 heteroatoms. The number of ether oxygens (including phenoxy) is 11. The number of amides is 4. The molecule has 4 amide bonds. The largest absolute Gasteiger partial charge is 0.507 e. The van der Waals surface area contributed by atoms with Crippen LogP contribution < -0.4 is 37.5 Å². The SMILES string of the molecule is C#CCOc1c(C)cc(Cn2c(CCCC)nc3c(N)nc4ccccc4c32)cc1CNC(=O)C1OC(OC2C(O)C(CO)OC(OC)C2NC(C)=O)C(O)C(O)C1OC.CCCCc1nc2c(N)nc3ccccc3c2n1Cc1cc(C)c(O)c(CNC(=O)C2OC(OC3C(O)C(CO)OC(OC)C3NC(C)=O)C(O)C(O)C2OC)c1. The molecule has 8 aromatic rings. The molecule has 4 saturated heterocycles. The number of hydrogen-bond donors (Lipinski definition) is 15. The quantitative estimate of drug-likeness (QED) is 0.0277. The first-order chi connectivity index (χ1) is 56.1. The van der Waals surface area contributed by atoms with Gasteiger partial charge in [-0.3, -0.25) is 19.2 Å². The number of aromatic nitrogens is 6. The molecule has 0 saturated carbocycles. The maximum Gasteiger partial charge on any atom is 0.252 e. The lowest BCUT2D eigenvalue weighted by atomic mass is 9.95. The number of unbranched alkanes of at least 4 members (excludes halogenated alkanes) is 2. The standard InChI is InChI=1S/C42H54N6O12.C39H52N6O12/c1-7-9-14-28-47-29-31(25-12-10-11-13-26(25)46-39(29)43)48(28)19-23-16-21(3)35(57-15-8-2)24(17-23)18-44-40(54)38-37(55-5)33(52)34(53)42(60-38)59-36-30(45-22(4)50)41(56-6)58-27(20-49)32(36)51;1-6-7-12-25-44-26-28(22-10-8-9-11-23(22)43-36(26)40)45(25)16-20-13-18(2)29(48)21(14-20)15-41-37(52)35-34(53-4)31(50)32(51)39(57-35)56-33-27(42-19(3)47)38(54-5)55-24(17-46)30(33)49/h2,10-13,16-17,27,30,32-34,36-38,41-42,49,51-53H,7,9,14-15,18-20H2,1,3-6H3,(H2,43,46)(H,44,54)(H,45,50);8-11,13-14,24,27,30-35,38-39,46,48-51H,6-7,12,15-17H2,1-5H3,(H2,40,43)(H,41,52)(H,42,47). The summed E-state index contributed by atoms with van der Waals surface area (Å²) in [4.78, 5) is 71.2. The summed E-state index contributed by atoms with van der Waals surface area (Å²) >= 11 is 0. The molecule has 17 N–H and O–H groups in total. The number of pyridine rings is 2. The number of aliphatic hydroxyl groups is 8. The van der Waals surface area contributed by atoms with Crippen molar-refractivity contribution in [2.75, 3.05) is 59.7 Å². The van der Waals surface area contributed by atoms with E-state index in [9.17, 15) is 65.1 Å². The number of rotatable bonds is 30. The molecule has 4 aromatic heterocycles. The van der Waals surface area contributed by atoms with Gasteiger partial charge in [0.05, 0.1) is 35.3 Å². The molecule has 4 aliphatic heterocycles. The monoisotopic (exact) mass is 1630 g/mol. The summed E-state index contributed by atoms with van der Waals surface area (Å²) in [5.74, 6) is 2.74. The minimum atomic E-state index is -1.78. The Hall–Kier alpha value is -9.44. The molecule has 0 aliphatic carbocycles. The molecular formula is C81H106N12O24. The number of nitrogens with one attached hydrogen (secondary N) is 4. The third-order valence-electron chi connectivity index (χ3n) is 21.3. The van der Waals surface area contributed by atoms with Crippen LogP contribution in [-0.4, -0.2) is 270 Å². The predicted molar refractivity (Wildman–Crippen MR) is 422 cm³/mol. The van der Waals surface area contributed by atoms with Crippen LogP contribution in [0.4, 0.5) is 11.6 Å². The summed E-state index contributed by atoms with van der Waals surface area (Å²) < 4.78 is 66.9. The fourth-order valence-electron chi connectivity index (χ4n) is 15.6. The van der Waals surface area contributed by atoms with Crippen molar-refractivity contribution < 1.29 is 117 Å². The summed E-state index contributed by atoms with van der Waals surface area (Å²) in [5, 5.41) is 110. The smallest absolute Gasteiger partial charge is 0.252 e. The number of nitrogens with two attached hydrogens (primary N) is 2. The van der Waals surface area contributed by atoms with Crippen LogP contribution in [-0.2, 0) is 106 Å². The molecule has 20 unspecified atom stereocenters. The van der Waals surface area contributed by atoms with Gasteiger partial charge in [0.25, 0.3) is 11.8 Å². The molecule has 0 radical (unpaired) electrons. The number of methoxy groups -OCH3 is 4. The fraction of sp³-hybridized carbons (Fsp3) is 0.531. The lowest BCUT2D eigenvalue weighted by molar-refractivity contribution is -0.338. The molecule has 4 aromatic carbocycles. The Bertz CT molecular complexity index is 4850. The van der Waals surface area contributed by atoms with Gasteiger partial charge in [-0.1, -0.05) is 81.1 Å². The topological polar surface area (TPSA) is 513 Å². The Kier molecular flexibility index (Phi) is 29.8. The molecule has 0 bridgehead atoms. The zero-order chi connectivity index (χ0) is 84.4.